The first-order valence-electron chi connectivity index (χ1n) is 8.38. The molecule has 0 unspecified atom stereocenters. The zero-order valence-electron chi connectivity index (χ0n) is 14.2. The van der Waals surface area contributed by atoms with Crippen molar-refractivity contribution in [2.75, 3.05) is 39.3 Å². The summed E-state index contributed by atoms with van der Waals surface area (Å²) in [6.07, 6.45) is 0. The molecule has 0 aliphatic carbocycles. The van der Waals surface area contributed by atoms with Crippen LogP contribution in [-0.4, -0.2) is 64.1 Å². The van der Waals surface area contributed by atoms with Gasteiger partial charge in [0.15, 0.2) is 5.82 Å². The van der Waals surface area contributed by atoms with Crippen LogP contribution in [0.25, 0.3) is 16.5 Å². The van der Waals surface area contributed by atoms with E-state index in [9.17, 15) is 15.2 Å². The molecule has 0 atom stereocenters. The van der Waals surface area contributed by atoms with E-state index in [1.165, 1.54) is 0 Å². The van der Waals surface area contributed by atoms with Crippen LogP contribution < -0.4 is 5.56 Å². The Balaban J connectivity index is 1.87. The van der Waals surface area contributed by atoms with E-state index in [0.29, 0.717) is 10.9 Å². The quantitative estimate of drug-likeness (QED) is 0.645. The van der Waals surface area contributed by atoms with Crippen molar-refractivity contribution in [3.63, 3.8) is 0 Å². The summed E-state index contributed by atoms with van der Waals surface area (Å²) in [5.41, 5.74) is 0.192. The number of aliphatic hydroxyl groups excluding tert-OH is 1. The highest BCUT2D eigenvalue weighted by Crippen LogP contribution is 2.16. The average Bonchev–Trinajstić information content (AvgIpc) is 2.63. The SMILES string of the molecule is CCN1CCN(CC(O)=C(C#N)c2nc3ccccc3c(=O)[nH]2)CC1. The van der Waals surface area contributed by atoms with Crippen molar-refractivity contribution in [1.82, 2.24) is 19.8 Å². The fraction of sp³-hybridized carbons (Fsp3) is 0.389. The monoisotopic (exact) mass is 339 g/mol. The number of benzene rings is 1. The summed E-state index contributed by atoms with van der Waals surface area (Å²) >= 11 is 0. The van der Waals surface area contributed by atoms with Gasteiger partial charge < -0.3 is 15.0 Å². The van der Waals surface area contributed by atoms with Crippen LogP contribution in [0.3, 0.4) is 0 Å². The highest BCUT2D eigenvalue weighted by molar-refractivity contribution is 5.81. The van der Waals surface area contributed by atoms with Crippen LogP contribution in [0.2, 0.25) is 0 Å². The van der Waals surface area contributed by atoms with Crippen LogP contribution in [0.4, 0.5) is 0 Å². The van der Waals surface area contributed by atoms with Gasteiger partial charge in [-0.25, -0.2) is 4.98 Å². The Kier molecular flexibility index (Phi) is 5.12. The molecule has 7 heteroatoms. The third-order valence-electron chi connectivity index (χ3n) is 4.54. The third kappa shape index (κ3) is 3.71. The lowest BCUT2D eigenvalue weighted by Gasteiger charge is -2.33. The Morgan fingerprint density at radius 1 is 1.28 bits per heavy atom. The highest BCUT2D eigenvalue weighted by Gasteiger charge is 2.19. The van der Waals surface area contributed by atoms with Gasteiger partial charge in [0.25, 0.3) is 5.56 Å². The molecule has 7 nitrogen and oxygen atoms in total. The molecule has 0 saturated carbocycles. The van der Waals surface area contributed by atoms with Gasteiger partial charge in [-0.2, -0.15) is 5.26 Å². The van der Waals surface area contributed by atoms with Crippen molar-refractivity contribution in [3.8, 4) is 6.07 Å². The van der Waals surface area contributed by atoms with Crippen LogP contribution >= 0.6 is 0 Å². The van der Waals surface area contributed by atoms with Crippen molar-refractivity contribution in [2.45, 2.75) is 6.92 Å². The number of rotatable bonds is 4. The van der Waals surface area contributed by atoms with Crippen LogP contribution in [-0.2, 0) is 0 Å². The van der Waals surface area contributed by atoms with Crippen LogP contribution in [0.1, 0.15) is 12.7 Å². The number of piperazine rings is 1. The maximum atomic E-state index is 12.2. The van der Waals surface area contributed by atoms with E-state index < -0.39 is 0 Å². The number of nitrogens with one attached hydrogen (secondary N) is 1. The molecule has 1 aliphatic rings. The van der Waals surface area contributed by atoms with Gasteiger partial charge in [0.1, 0.15) is 17.4 Å². The highest BCUT2D eigenvalue weighted by atomic mass is 16.3. The molecular formula is C18H21N5O2. The molecule has 25 heavy (non-hydrogen) atoms. The third-order valence-corrected chi connectivity index (χ3v) is 4.54. The number of aromatic nitrogens is 2. The van der Waals surface area contributed by atoms with Gasteiger partial charge in [-0.1, -0.05) is 19.1 Å². The van der Waals surface area contributed by atoms with Gasteiger partial charge in [0.05, 0.1) is 17.4 Å². The van der Waals surface area contributed by atoms with Gasteiger partial charge in [-0.15, -0.1) is 0 Å². The van der Waals surface area contributed by atoms with Crippen molar-refractivity contribution in [3.05, 3.63) is 46.2 Å². The maximum Gasteiger partial charge on any atom is 0.259 e. The number of hydrogen-bond donors (Lipinski definition) is 2. The predicted molar refractivity (Wildman–Crippen MR) is 96.1 cm³/mol. The van der Waals surface area contributed by atoms with E-state index in [0.717, 1.165) is 32.7 Å². The lowest BCUT2D eigenvalue weighted by molar-refractivity contribution is 0.135. The van der Waals surface area contributed by atoms with E-state index >= 15 is 0 Å². The van der Waals surface area contributed by atoms with E-state index in [2.05, 4.69) is 26.7 Å². The number of H-pyrrole nitrogens is 1. The number of nitrogens with zero attached hydrogens (tertiary/aromatic N) is 4. The number of fused-ring (bicyclic) bond motifs is 1. The maximum absolute atomic E-state index is 12.2. The molecule has 0 spiro atoms. The average molecular weight is 339 g/mol. The fourth-order valence-electron chi connectivity index (χ4n) is 3.01. The largest absolute Gasteiger partial charge is 0.509 e. The normalized spacial score (nSPS) is 17.3. The first-order valence-corrected chi connectivity index (χ1v) is 8.38. The van der Waals surface area contributed by atoms with Crippen molar-refractivity contribution in [1.29, 1.82) is 5.26 Å². The summed E-state index contributed by atoms with van der Waals surface area (Å²) in [6.45, 7) is 6.96. The second-order valence-corrected chi connectivity index (χ2v) is 6.08. The van der Waals surface area contributed by atoms with Gasteiger partial charge in [-0.05, 0) is 18.7 Å². The van der Waals surface area contributed by atoms with Crippen LogP contribution in [0, 0.1) is 11.3 Å². The lowest BCUT2D eigenvalue weighted by atomic mass is 10.2. The van der Waals surface area contributed by atoms with E-state index in [4.69, 9.17) is 0 Å². The Labute approximate surface area is 145 Å². The Morgan fingerprint density at radius 2 is 1.96 bits per heavy atom. The van der Waals surface area contributed by atoms with Crippen LogP contribution in [0.15, 0.2) is 34.8 Å². The first-order chi connectivity index (χ1) is 12.1. The second kappa shape index (κ2) is 7.47. The standard InChI is InChI=1S/C18H21N5O2/c1-2-22-7-9-23(10-8-22)12-16(24)14(11-19)17-20-15-6-4-3-5-13(15)18(25)21-17/h3-6,24H,2,7-10,12H2,1H3,(H,20,21,25). The van der Waals surface area contributed by atoms with E-state index in [1.54, 1.807) is 24.3 Å². The van der Waals surface area contributed by atoms with Gasteiger partial charge in [0, 0.05) is 26.2 Å². The van der Waals surface area contributed by atoms with Gasteiger partial charge in [0.2, 0.25) is 0 Å². The van der Waals surface area contributed by atoms with Gasteiger partial charge >= 0.3 is 0 Å². The first kappa shape index (κ1) is 17.1. The minimum atomic E-state index is -0.322. The lowest BCUT2D eigenvalue weighted by Crippen LogP contribution is -2.46. The topological polar surface area (TPSA) is 96.2 Å². The zero-order chi connectivity index (χ0) is 17.8. The van der Waals surface area contributed by atoms with Gasteiger partial charge in [-0.3, -0.25) is 9.69 Å². The van der Waals surface area contributed by atoms with Crippen molar-refractivity contribution >= 4 is 16.5 Å². The van der Waals surface area contributed by atoms with Crippen molar-refractivity contribution in [2.24, 2.45) is 0 Å². The molecule has 2 N–H and O–H groups in total. The molecular weight excluding hydrogens is 318 g/mol. The number of allylic oxidation sites excluding steroid dienone is 1. The second-order valence-electron chi connectivity index (χ2n) is 6.08. The number of aromatic amines is 1. The Hall–Kier alpha value is -2.69. The molecule has 1 aromatic heterocycles. The van der Waals surface area contributed by atoms with Crippen LogP contribution in [0.5, 0.6) is 0 Å². The fourth-order valence-corrected chi connectivity index (χ4v) is 3.01. The molecule has 0 bridgehead atoms. The minimum Gasteiger partial charge on any atom is -0.509 e. The number of para-hydroxylation sites is 1. The summed E-state index contributed by atoms with van der Waals surface area (Å²) in [7, 11) is 0. The summed E-state index contributed by atoms with van der Waals surface area (Å²) in [5, 5.41) is 20.4. The number of likely N-dealkylation sites (N-methyl/N-ethyl adjacent to an activating group) is 1. The summed E-state index contributed by atoms with van der Waals surface area (Å²) < 4.78 is 0. The molecule has 2 aromatic rings. The molecule has 1 aromatic carbocycles. The Morgan fingerprint density at radius 3 is 2.64 bits per heavy atom. The molecule has 1 aliphatic heterocycles. The molecule has 0 radical (unpaired) electrons. The number of aliphatic hydroxyl groups is 1. The predicted octanol–water partition coefficient (Wildman–Crippen LogP) is 1.35. The molecule has 1 fully saturated rings. The molecule has 1 saturated heterocycles. The molecule has 130 valence electrons. The van der Waals surface area contributed by atoms with E-state index in [1.807, 2.05) is 6.07 Å². The summed E-state index contributed by atoms with van der Waals surface area (Å²) in [5.74, 6) is 0.0433. The summed E-state index contributed by atoms with van der Waals surface area (Å²) in [6, 6.07) is 8.90. The number of hydrogen-bond acceptors (Lipinski definition) is 6. The van der Waals surface area contributed by atoms with Crippen molar-refractivity contribution < 1.29 is 5.11 Å². The molecule has 0 amide bonds. The number of nitriles is 1. The Bertz CT molecular complexity index is 888. The molecule has 2 heterocycles. The molecule has 3 rings (SSSR count). The summed E-state index contributed by atoms with van der Waals surface area (Å²) in [4.78, 5) is 23.5. The van der Waals surface area contributed by atoms with E-state index in [-0.39, 0.29) is 29.3 Å². The zero-order valence-corrected chi connectivity index (χ0v) is 14.2. The smallest absolute Gasteiger partial charge is 0.259 e. The minimum absolute atomic E-state index is 0.0146.